The van der Waals surface area contributed by atoms with Gasteiger partial charge in [-0.15, -0.1) is 0 Å². The lowest BCUT2D eigenvalue weighted by Crippen LogP contribution is -2.40. The van der Waals surface area contributed by atoms with E-state index in [1.165, 1.54) is 6.07 Å². The Hall–Kier alpha value is -3.04. The van der Waals surface area contributed by atoms with Gasteiger partial charge in [0.1, 0.15) is 0 Å². The van der Waals surface area contributed by atoms with Gasteiger partial charge >= 0.3 is 6.18 Å². The smallest absolute Gasteiger partial charge is 0.378 e. The molecular weight excluding hydrogens is 457 g/mol. The number of para-hydroxylation sites is 1. The van der Waals surface area contributed by atoms with Crippen molar-refractivity contribution in [3.05, 3.63) is 59.8 Å². The predicted molar refractivity (Wildman–Crippen MR) is 130 cm³/mol. The van der Waals surface area contributed by atoms with Gasteiger partial charge in [-0.05, 0) is 55.1 Å². The Morgan fingerprint density at radius 3 is 2.63 bits per heavy atom. The van der Waals surface area contributed by atoms with Crippen molar-refractivity contribution in [2.24, 2.45) is 0 Å². The number of alkyl halides is 3. The summed E-state index contributed by atoms with van der Waals surface area (Å²) < 4.78 is 45.6. The summed E-state index contributed by atoms with van der Waals surface area (Å²) in [6.45, 7) is 2.97. The summed E-state index contributed by atoms with van der Waals surface area (Å²) in [7, 11) is 0. The molecule has 2 fully saturated rings. The molecule has 6 nitrogen and oxygen atoms in total. The van der Waals surface area contributed by atoms with Crippen LogP contribution in [0.3, 0.4) is 0 Å². The lowest BCUT2D eigenvalue weighted by molar-refractivity contribution is -0.137. The molecule has 2 aliphatic heterocycles. The number of fused-ring (bicyclic) bond motifs is 1. The predicted octanol–water partition coefficient (Wildman–Crippen LogP) is 5.19. The normalized spacial score (nSPS) is 19.7. The number of benzene rings is 2. The third-order valence-electron chi connectivity index (χ3n) is 6.82. The Balaban J connectivity index is 1.36. The maximum absolute atomic E-state index is 13.4. The second kappa shape index (κ2) is 9.91. The Morgan fingerprint density at radius 2 is 1.86 bits per heavy atom. The highest BCUT2D eigenvalue weighted by Crippen LogP contribution is 2.36. The molecule has 0 bridgehead atoms. The second-order valence-corrected chi connectivity index (χ2v) is 9.17. The third kappa shape index (κ3) is 5.31. The van der Waals surface area contributed by atoms with Crippen LogP contribution in [0.2, 0.25) is 0 Å². The fraction of sp³-hybridized carbons (Fsp3) is 0.423. The van der Waals surface area contributed by atoms with E-state index in [9.17, 15) is 18.0 Å². The van der Waals surface area contributed by atoms with E-state index in [0.717, 1.165) is 54.5 Å². The first-order valence-corrected chi connectivity index (χ1v) is 12.0. The Bertz CT molecular complexity index is 1150. The van der Waals surface area contributed by atoms with E-state index in [1.54, 1.807) is 0 Å². The van der Waals surface area contributed by atoms with Crippen LogP contribution >= 0.6 is 0 Å². The SMILES string of the molecule is O=C(CN1CCCCC1c1cc2ccccc2[nH]1)Nc1cc(C(F)(F)F)ccc1N1CCOCC1. The molecule has 1 atom stereocenters. The number of H-pyrrole nitrogens is 1. The zero-order valence-corrected chi connectivity index (χ0v) is 19.4. The maximum atomic E-state index is 13.4. The number of halogens is 3. The van der Waals surface area contributed by atoms with Gasteiger partial charge in [-0.3, -0.25) is 9.69 Å². The monoisotopic (exact) mass is 486 g/mol. The first-order valence-electron chi connectivity index (χ1n) is 12.0. The van der Waals surface area contributed by atoms with E-state index < -0.39 is 11.7 Å². The van der Waals surface area contributed by atoms with Crippen LogP contribution in [0, 0.1) is 0 Å². The fourth-order valence-corrected chi connectivity index (χ4v) is 5.07. The van der Waals surface area contributed by atoms with E-state index in [0.29, 0.717) is 32.0 Å². The number of morpholine rings is 1. The molecule has 186 valence electrons. The minimum Gasteiger partial charge on any atom is -0.378 e. The number of likely N-dealkylation sites (tertiary alicyclic amines) is 1. The molecule has 35 heavy (non-hydrogen) atoms. The number of hydrogen-bond acceptors (Lipinski definition) is 4. The highest BCUT2D eigenvalue weighted by molar-refractivity contribution is 5.96. The number of anilines is 2. The van der Waals surface area contributed by atoms with Crippen molar-refractivity contribution < 1.29 is 22.7 Å². The van der Waals surface area contributed by atoms with Crippen molar-refractivity contribution in [2.75, 3.05) is 49.6 Å². The summed E-state index contributed by atoms with van der Waals surface area (Å²) >= 11 is 0. The van der Waals surface area contributed by atoms with Crippen LogP contribution in [0.15, 0.2) is 48.5 Å². The summed E-state index contributed by atoms with van der Waals surface area (Å²) in [5, 5.41) is 3.91. The first kappa shape index (κ1) is 23.7. The number of nitrogens with zero attached hydrogens (tertiary/aromatic N) is 2. The third-order valence-corrected chi connectivity index (χ3v) is 6.82. The largest absolute Gasteiger partial charge is 0.416 e. The molecule has 2 aliphatic rings. The van der Waals surface area contributed by atoms with Crippen LogP contribution in [0.4, 0.5) is 24.5 Å². The van der Waals surface area contributed by atoms with Crippen molar-refractivity contribution >= 4 is 28.2 Å². The van der Waals surface area contributed by atoms with Crippen molar-refractivity contribution in [3.8, 4) is 0 Å². The van der Waals surface area contributed by atoms with Gasteiger partial charge < -0.3 is 19.9 Å². The maximum Gasteiger partial charge on any atom is 0.416 e. The Kier molecular flexibility index (Phi) is 6.71. The number of nitrogens with one attached hydrogen (secondary N) is 2. The lowest BCUT2D eigenvalue weighted by atomic mass is 9.99. The van der Waals surface area contributed by atoms with Gasteiger partial charge in [-0.1, -0.05) is 24.6 Å². The van der Waals surface area contributed by atoms with Gasteiger partial charge in [0.25, 0.3) is 0 Å². The quantitative estimate of drug-likeness (QED) is 0.521. The molecule has 0 aliphatic carbocycles. The number of hydrogen-bond donors (Lipinski definition) is 2. The Labute approximate surface area is 202 Å². The zero-order valence-electron chi connectivity index (χ0n) is 19.4. The van der Waals surface area contributed by atoms with E-state index in [1.807, 2.05) is 23.1 Å². The molecular formula is C26H29F3N4O2. The number of rotatable bonds is 5. The molecule has 1 amide bonds. The Morgan fingerprint density at radius 1 is 1.06 bits per heavy atom. The number of aromatic amines is 1. The van der Waals surface area contributed by atoms with Crippen LogP contribution < -0.4 is 10.2 Å². The van der Waals surface area contributed by atoms with Crippen molar-refractivity contribution in [2.45, 2.75) is 31.5 Å². The van der Waals surface area contributed by atoms with E-state index in [2.05, 4.69) is 27.3 Å². The van der Waals surface area contributed by atoms with Crippen LogP contribution in [0.25, 0.3) is 10.9 Å². The lowest BCUT2D eigenvalue weighted by Gasteiger charge is -2.35. The number of piperidine rings is 1. The number of ether oxygens (including phenoxy) is 1. The average molecular weight is 487 g/mol. The van der Waals surface area contributed by atoms with Crippen LogP contribution in [-0.4, -0.2) is 55.2 Å². The van der Waals surface area contributed by atoms with Crippen molar-refractivity contribution in [3.63, 3.8) is 0 Å². The fourth-order valence-electron chi connectivity index (χ4n) is 5.07. The standard InChI is InChI=1S/C26H29F3N4O2/c27-26(28,29)19-8-9-24(32-11-13-35-14-12-32)22(16-19)31-25(34)17-33-10-4-3-7-23(33)21-15-18-5-1-2-6-20(18)30-21/h1-2,5-6,8-9,15-16,23,30H,3-4,7,10-14,17H2,(H,31,34). The van der Waals surface area contributed by atoms with Gasteiger partial charge in [0.05, 0.1) is 42.7 Å². The second-order valence-electron chi connectivity index (χ2n) is 9.17. The van der Waals surface area contributed by atoms with Crippen LogP contribution in [0.5, 0.6) is 0 Å². The molecule has 5 rings (SSSR count). The molecule has 3 heterocycles. The van der Waals surface area contributed by atoms with E-state index >= 15 is 0 Å². The van der Waals surface area contributed by atoms with Gasteiger partial charge in [0.2, 0.25) is 5.91 Å². The summed E-state index contributed by atoms with van der Waals surface area (Å²) in [5.74, 6) is -0.318. The summed E-state index contributed by atoms with van der Waals surface area (Å²) in [5.41, 5.74) is 2.11. The average Bonchev–Trinajstić information content (AvgIpc) is 3.28. The van der Waals surface area contributed by atoms with Gasteiger partial charge in [0.15, 0.2) is 0 Å². The molecule has 0 radical (unpaired) electrons. The molecule has 0 saturated carbocycles. The van der Waals surface area contributed by atoms with Crippen LogP contribution in [0.1, 0.15) is 36.6 Å². The number of carbonyl (C=O) groups excluding carboxylic acids is 1. The minimum atomic E-state index is -4.49. The highest BCUT2D eigenvalue weighted by atomic mass is 19.4. The van der Waals surface area contributed by atoms with Crippen LogP contribution in [-0.2, 0) is 15.7 Å². The molecule has 9 heteroatoms. The number of aromatic nitrogens is 1. The molecule has 1 aromatic heterocycles. The van der Waals surface area contributed by atoms with Gasteiger partial charge in [0, 0.05) is 24.3 Å². The van der Waals surface area contributed by atoms with E-state index in [4.69, 9.17) is 4.74 Å². The minimum absolute atomic E-state index is 0.0575. The summed E-state index contributed by atoms with van der Waals surface area (Å²) in [4.78, 5) is 20.7. The molecule has 2 N–H and O–H groups in total. The highest BCUT2D eigenvalue weighted by Gasteiger charge is 2.32. The molecule has 2 saturated heterocycles. The summed E-state index contributed by atoms with van der Waals surface area (Å²) in [6.07, 6.45) is -1.53. The molecule has 2 aromatic carbocycles. The zero-order chi connectivity index (χ0) is 24.4. The topological polar surface area (TPSA) is 60.6 Å². The molecule has 0 spiro atoms. The van der Waals surface area contributed by atoms with E-state index in [-0.39, 0.29) is 24.2 Å². The number of carbonyl (C=O) groups is 1. The van der Waals surface area contributed by atoms with Crippen molar-refractivity contribution in [1.82, 2.24) is 9.88 Å². The first-order chi connectivity index (χ1) is 16.9. The molecule has 3 aromatic rings. The van der Waals surface area contributed by atoms with Gasteiger partial charge in [-0.25, -0.2) is 0 Å². The van der Waals surface area contributed by atoms with Crippen molar-refractivity contribution in [1.29, 1.82) is 0 Å². The summed E-state index contributed by atoms with van der Waals surface area (Å²) in [6, 6.07) is 13.8. The number of amides is 1. The molecule has 1 unspecified atom stereocenters. The van der Waals surface area contributed by atoms with Gasteiger partial charge in [-0.2, -0.15) is 13.2 Å².